The van der Waals surface area contributed by atoms with Crippen molar-refractivity contribution in [3.8, 4) is 5.69 Å². The summed E-state index contributed by atoms with van der Waals surface area (Å²) >= 11 is 0. The topological polar surface area (TPSA) is 64.7 Å². The van der Waals surface area contributed by atoms with Crippen LogP contribution in [0.5, 0.6) is 0 Å². The number of hydrogen-bond acceptors (Lipinski definition) is 5. The molecule has 7 heteroatoms. The predicted octanol–water partition coefficient (Wildman–Crippen LogP) is 2.26. The molecule has 2 aromatic heterocycles. The number of nitrogens with zero attached hydrogens (tertiary/aromatic N) is 7. The van der Waals surface area contributed by atoms with Gasteiger partial charge in [0, 0.05) is 37.9 Å². The molecule has 0 unspecified atom stereocenters. The molecule has 1 saturated heterocycles. The molecule has 0 N–H and O–H groups in total. The molecule has 1 aliphatic rings. The minimum atomic E-state index is 0.412. The first kappa shape index (κ1) is 14.9. The summed E-state index contributed by atoms with van der Waals surface area (Å²) in [6, 6.07) is 10.0. The van der Waals surface area contributed by atoms with Gasteiger partial charge < -0.3 is 9.47 Å². The van der Waals surface area contributed by atoms with E-state index in [1.54, 1.807) is 0 Å². The highest BCUT2D eigenvalue weighted by Crippen LogP contribution is 2.28. The summed E-state index contributed by atoms with van der Waals surface area (Å²) in [6.07, 6.45) is 6.22. The zero-order chi connectivity index (χ0) is 16.4. The maximum Gasteiger partial charge on any atom is 0.250 e. The van der Waals surface area contributed by atoms with Gasteiger partial charge in [-0.25, -0.2) is 4.98 Å². The summed E-state index contributed by atoms with van der Waals surface area (Å²) < 4.78 is 4.04. The van der Waals surface area contributed by atoms with Crippen LogP contribution in [-0.2, 0) is 6.54 Å². The summed E-state index contributed by atoms with van der Waals surface area (Å²) in [7, 11) is 0. The molecule has 0 amide bonds. The van der Waals surface area contributed by atoms with Crippen LogP contribution in [-0.4, -0.2) is 42.8 Å². The number of anilines is 1. The zero-order valence-electron chi connectivity index (χ0n) is 13.8. The number of hydrogen-bond donors (Lipinski definition) is 0. The van der Waals surface area contributed by atoms with Gasteiger partial charge in [0.1, 0.15) is 5.82 Å². The number of piperidine rings is 1. The van der Waals surface area contributed by atoms with Crippen molar-refractivity contribution < 1.29 is 0 Å². The van der Waals surface area contributed by atoms with Gasteiger partial charge in [-0.2, -0.15) is 4.68 Å². The summed E-state index contributed by atoms with van der Waals surface area (Å²) in [6.45, 7) is 4.97. The fraction of sp³-hybridized carbons (Fsp3) is 0.412. The van der Waals surface area contributed by atoms with Crippen LogP contribution in [0, 0.1) is 0 Å². The molecule has 124 valence electrons. The standard InChI is InChI=1S/C17H21N7/c1-2-22-12-10-18-16(22)14-7-6-11-23(13-14)17-19-20-21-24(17)15-8-4-3-5-9-15/h3-5,8-10,12,14H,2,6-7,11,13H2,1H3/t14-/m1/s1. The first-order chi connectivity index (χ1) is 11.9. The first-order valence-electron chi connectivity index (χ1n) is 8.46. The normalized spacial score (nSPS) is 18.0. The number of tetrazole rings is 1. The quantitative estimate of drug-likeness (QED) is 0.737. The van der Waals surface area contributed by atoms with E-state index in [9.17, 15) is 0 Å². The molecule has 4 rings (SSSR count). The van der Waals surface area contributed by atoms with Gasteiger partial charge in [0.15, 0.2) is 0 Å². The lowest BCUT2D eigenvalue weighted by atomic mass is 9.97. The molecular formula is C17H21N7. The van der Waals surface area contributed by atoms with Crippen LogP contribution in [0.3, 0.4) is 0 Å². The molecule has 3 heterocycles. The van der Waals surface area contributed by atoms with Crippen molar-refractivity contribution in [1.82, 2.24) is 29.8 Å². The van der Waals surface area contributed by atoms with Crippen LogP contribution in [0.4, 0.5) is 5.95 Å². The fourth-order valence-electron chi connectivity index (χ4n) is 3.43. The second kappa shape index (κ2) is 6.43. The monoisotopic (exact) mass is 323 g/mol. The molecule has 0 aliphatic carbocycles. The van der Waals surface area contributed by atoms with Gasteiger partial charge in [-0.15, -0.1) is 0 Å². The van der Waals surface area contributed by atoms with Gasteiger partial charge in [0.25, 0.3) is 0 Å². The fourth-order valence-corrected chi connectivity index (χ4v) is 3.43. The Morgan fingerprint density at radius 2 is 2.08 bits per heavy atom. The summed E-state index contributed by atoms with van der Waals surface area (Å²) in [5.74, 6) is 2.39. The van der Waals surface area contributed by atoms with E-state index in [0.29, 0.717) is 5.92 Å². The lowest BCUT2D eigenvalue weighted by Crippen LogP contribution is -2.37. The third kappa shape index (κ3) is 2.66. The predicted molar refractivity (Wildman–Crippen MR) is 91.2 cm³/mol. The van der Waals surface area contributed by atoms with Gasteiger partial charge >= 0.3 is 0 Å². The molecule has 1 atom stereocenters. The third-order valence-electron chi connectivity index (χ3n) is 4.61. The highest BCUT2D eigenvalue weighted by Gasteiger charge is 2.27. The van der Waals surface area contributed by atoms with Crippen molar-refractivity contribution in [2.24, 2.45) is 0 Å². The number of rotatable bonds is 4. The second-order valence-electron chi connectivity index (χ2n) is 6.08. The highest BCUT2D eigenvalue weighted by atomic mass is 15.6. The number of imidazole rings is 1. The Kier molecular flexibility index (Phi) is 3.98. The molecule has 1 fully saturated rings. The second-order valence-corrected chi connectivity index (χ2v) is 6.08. The lowest BCUT2D eigenvalue weighted by molar-refractivity contribution is 0.467. The van der Waals surface area contributed by atoms with E-state index >= 15 is 0 Å². The van der Waals surface area contributed by atoms with Crippen molar-refractivity contribution >= 4 is 5.95 Å². The van der Waals surface area contributed by atoms with Crippen LogP contribution in [0.2, 0.25) is 0 Å². The molecule has 0 spiro atoms. The van der Waals surface area contributed by atoms with Gasteiger partial charge in [-0.3, -0.25) is 0 Å². The maximum absolute atomic E-state index is 4.58. The average Bonchev–Trinajstić information content (AvgIpc) is 3.31. The first-order valence-corrected chi connectivity index (χ1v) is 8.46. The van der Waals surface area contributed by atoms with E-state index in [4.69, 9.17) is 0 Å². The van der Waals surface area contributed by atoms with Crippen molar-refractivity contribution in [1.29, 1.82) is 0 Å². The number of aryl methyl sites for hydroxylation is 1. The van der Waals surface area contributed by atoms with Crippen LogP contribution >= 0.6 is 0 Å². The van der Waals surface area contributed by atoms with Gasteiger partial charge in [-0.1, -0.05) is 23.3 Å². The molecule has 7 nitrogen and oxygen atoms in total. The molecular weight excluding hydrogens is 302 g/mol. The largest absolute Gasteiger partial charge is 0.339 e. The molecule has 0 radical (unpaired) electrons. The summed E-state index contributed by atoms with van der Waals surface area (Å²) in [5.41, 5.74) is 0.981. The number of para-hydroxylation sites is 1. The Morgan fingerprint density at radius 3 is 2.92 bits per heavy atom. The Balaban J connectivity index is 1.61. The van der Waals surface area contributed by atoms with Crippen LogP contribution in [0.25, 0.3) is 5.69 Å². The van der Waals surface area contributed by atoms with E-state index in [-0.39, 0.29) is 0 Å². The van der Waals surface area contributed by atoms with Crippen LogP contribution in [0.15, 0.2) is 42.7 Å². The Bertz CT molecular complexity index is 792. The molecule has 3 aromatic rings. The van der Waals surface area contributed by atoms with E-state index in [1.165, 1.54) is 5.82 Å². The van der Waals surface area contributed by atoms with E-state index in [1.807, 2.05) is 41.2 Å². The minimum absolute atomic E-state index is 0.412. The highest BCUT2D eigenvalue weighted by molar-refractivity contribution is 5.41. The van der Waals surface area contributed by atoms with Crippen molar-refractivity contribution in [2.45, 2.75) is 32.2 Å². The zero-order valence-corrected chi connectivity index (χ0v) is 13.8. The smallest absolute Gasteiger partial charge is 0.250 e. The molecule has 0 saturated carbocycles. The minimum Gasteiger partial charge on any atom is -0.339 e. The average molecular weight is 323 g/mol. The number of benzene rings is 1. The molecule has 1 aliphatic heterocycles. The van der Waals surface area contributed by atoms with Gasteiger partial charge in [0.05, 0.1) is 5.69 Å². The van der Waals surface area contributed by atoms with Crippen LogP contribution < -0.4 is 4.90 Å². The van der Waals surface area contributed by atoms with Crippen molar-refractivity contribution in [3.63, 3.8) is 0 Å². The van der Waals surface area contributed by atoms with Crippen molar-refractivity contribution in [2.75, 3.05) is 18.0 Å². The molecule has 24 heavy (non-hydrogen) atoms. The van der Waals surface area contributed by atoms with Crippen LogP contribution in [0.1, 0.15) is 31.5 Å². The van der Waals surface area contributed by atoms with E-state index in [0.717, 1.165) is 44.1 Å². The molecule has 1 aromatic carbocycles. The van der Waals surface area contributed by atoms with Gasteiger partial charge in [0.2, 0.25) is 5.95 Å². The maximum atomic E-state index is 4.58. The Hall–Kier alpha value is -2.70. The lowest BCUT2D eigenvalue weighted by Gasteiger charge is -2.32. The van der Waals surface area contributed by atoms with Gasteiger partial charge in [-0.05, 0) is 42.3 Å². The van der Waals surface area contributed by atoms with E-state index in [2.05, 4.69) is 43.1 Å². The van der Waals surface area contributed by atoms with Crippen molar-refractivity contribution in [3.05, 3.63) is 48.5 Å². The third-order valence-corrected chi connectivity index (χ3v) is 4.61. The Labute approximate surface area is 140 Å². The number of aromatic nitrogens is 6. The Morgan fingerprint density at radius 1 is 1.21 bits per heavy atom. The summed E-state index contributed by atoms with van der Waals surface area (Å²) in [4.78, 5) is 6.86. The van der Waals surface area contributed by atoms with E-state index < -0.39 is 0 Å². The molecule has 0 bridgehead atoms. The SMILES string of the molecule is CCn1ccnc1[C@@H]1CCCN(c2nnnn2-c2ccccc2)C1. The summed E-state index contributed by atoms with van der Waals surface area (Å²) in [5, 5.41) is 12.3.